The number of hydrogen-bond acceptors (Lipinski definition) is 3. The van der Waals surface area contributed by atoms with Crippen molar-refractivity contribution in [1.29, 1.82) is 0 Å². The SMILES string of the molecule is C=C(OC(=O)C(C)(C)Cn1nc(-c2ccccc2)c2ccc(Cl)cc21)C(F)(F)F. The Hall–Kier alpha value is -2.80. The molecule has 0 aliphatic carbocycles. The number of hydrogen-bond donors (Lipinski definition) is 0. The predicted octanol–water partition coefficient (Wildman–Crippen LogP) is 6.00. The van der Waals surface area contributed by atoms with E-state index in [1.165, 1.54) is 13.8 Å². The summed E-state index contributed by atoms with van der Waals surface area (Å²) in [5.41, 5.74) is 0.904. The number of alkyl halides is 3. The summed E-state index contributed by atoms with van der Waals surface area (Å²) in [6.07, 6.45) is -4.81. The van der Waals surface area contributed by atoms with E-state index >= 15 is 0 Å². The molecule has 29 heavy (non-hydrogen) atoms. The number of fused-ring (bicyclic) bond motifs is 1. The highest BCUT2D eigenvalue weighted by molar-refractivity contribution is 6.31. The summed E-state index contributed by atoms with van der Waals surface area (Å²) >= 11 is 6.13. The minimum Gasteiger partial charge on any atom is -0.422 e. The summed E-state index contributed by atoms with van der Waals surface area (Å²) in [6, 6.07) is 14.7. The Morgan fingerprint density at radius 2 is 1.83 bits per heavy atom. The Bertz CT molecular complexity index is 1070. The van der Waals surface area contributed by atoms with Crippen molar-refractivity contribution in [2.45, 2.75) is 26.6 Å². The van der Waals surface area contributed by atoms with Gasteiger partial charge in [0.05, 0.1) is 17.5 Å². The quantitative estimate of drug-likeness (QED) is 0.374. The number of aromatic nitrogens is 2. The van der Waals surface area contributed by atoms with Gasteiger partial charge in [0, 0.05) is 16.0 Å². The highest BCUT2D eigenvalue weighted by atomic mass is 35.5. The van der Waals surface area contributed by atoms with Crippen molar-refractivity contribution in [1.82, 2.24) is 9.78 Å². The fourth-order valence-electron chi connectivity index (χ4n) is 2.82. The molecular formula is C21H18ClF3N2O2. The molecule has 1 heterocycles. The lowest BCUT2D eigenvalue weighted by Gasteiger charge is -2.23. The molecule has 0 radical (unpaired) electrons. The average molecular weight is 423 g/mol. The first kappa shape index (κ1) is 20.9. The molecule has 0 aliphatic heterocycles. The highest BCUT2D eigenvalue weighted by Crippen LogP contribution is 2.33. The minimum absolute atomic E-state index is 0.0132. The van der Waals surface area contributed by atoms with Gasteiger partial charge in [-0.3, -0.25) is 9.48 Å². The van der Waals surface area contributed by atoms with Crippen LogP contribution in [-0.2, 0) is 16.1 Å². The molecule has 152 valence electrons. The number of allylic oxidation sites excluding steroid dienone is 1. The van der Waals surface area contributed by atoms with E-state index in [-0.39, 0.29) is 6.54 Å². The Balaban J connectivity index is 1.98. The third-order valence-corrected chi connectivity index (χ3v) is 4.63. The number of carbonyl (C=O) groups is 1. The number of nitrogens with zero attached hydrogens (tertiary/aromatic N) is 2. The van der Waals surface area contributed by atoms with E-state index in [0.717, 1.165) is 10.9 Å². The maximum absolute atomic E-state index is 12.7. The Morgan fingerprint density at radius 3 is 2.45 bits per heavy atom. The highest BCUT2D eigenvalue weighted by Gasteiger charge is 2.39. The third-order valence-electron chi connectivity index (χ3n) is 4.39. The van der Waals surface area contributed by atoms with Gasteiger partial charge in [0.15, 0.2) is 0 Å². The molecule has 3 rings (SSSR count). The predicted molar refractivity (Wildman–Crippen MR) is 105 cm³/mol. The van der Waals surface area contributed by atoms with Gasteiger partial charge in [0.2, 0.25) is 5.76 Å². The largest absolute Gasteiger partial charge is 0.449 e. The van der Waals surface area contributed by atoms with Gasteiger partial charge in [-0.1, -0.05) is 48.5 Å². The first-order valence-corrected chi connectivity index (χ1v) is 9.07. The third kappa shape index (κ3) is 4.45. The fraction of sp³-hybridized carbons (Fsp3) is 0.238. The van der Waals surface area contributed by atoms with Gasteiger partial charge < -0.3 is 4.74 Å². The average Bonchev–Trinajstić information content (AvgIpc) is 2.98. The van der Waals surface area contributed by atoms with Crippen LogP contribution < -0.4 is 0 Å². The topological polar surface area (TPSA) is 44.1 Å². The van der Waals surface area contributed by atoms with Crippen LogP contribution in [0.5, 0.6) is 0 Å². The van der Waals surface area contributed by atoms with Gasteiger partial charge >= 0.3 is 12.1 Å². The number of esters is 1. The molecule has 0 spiro atoms. The normalized spacial score (nSPS) is 12.2. The van der Waals surface area contributed by atoms with Crippen LogP contribution in [0.25, 0.3) is 22.2 Å². The van der Waals surface area contributed by atoms with E-state index in [9.17, 15) is 18.0 Å². The van der Waals surface area contributed by atoms with Crippen molar-refractivity contribution < 1.29 is 22.7 Å². The van der Waals surface area contributed by atoms with Crippen molar-refractivity contribution in [3.05, 3.63) is 65.9 Å². The van der Waals surface area contributed by atoms with Gasteiger partial charge in [-0.25, -0.2) is 0 Å². The summed E-state index contributed by atoms with van der Waals surface area (Å²) < 4.78 is 44.0. The monoisotopic (exact) mass is 422 g/mol. The van der Waals surface area contributed by atoms with Crippen LogP contribution >= 0.6 is 11.6 Å². The zero-order valence-electron chi connectivity index (χ0n) is 15.8. The lowest BCUT2D eigenvalue weighted by Crippen LogP contribution is -2.33. The molecule has 0 N–H and O–H groups in total. The number of ether oxygens (including phenoxy) is 1. The van der Waals surface area contributed by atoms with E-state index in [1.807, 2.05) is 36.4 Å². The van der Waals surface area contributed by atoms with Crippen LogP contribution in [0.1, 0.15) is 13.8 Å². The molecule has 0 atom stereocenters. The van der Waals surface area contributed by atoms with E-state index in [1.54, 1.807) is 16.8 Å². The van der Waals surface area contributed by atoms with Gasteiger partial charge in [0.1, 0.15) is 5.69 Å². The molecule has 0 saturated heterocycles. The fourth-order valence-corrected chi connectivity index (χ4v) is 2.99. The number of rotatable bonds is 5. The molecule has 0 bridgehead atoms. The standard InChI is InChI=1S/C21H18ClF3N2O2/c1-13(21(23,24)25)29-19(28)20(2,3)12-27-17-11-15(22)9-10-16(17)18(26-27)14-7-5-4-6-8-14/h4-11H,1,12H2,2-3H3. The van der Waals surface area contributed by atoms with Crippen molar-refractivity contribution in [3.8, 4) is 11.3 Å². The van der Waals surface area contributed by atoms with Crippen LogP contribution in [-0.4, -0.2) is 21.9 Å². The van der Waals surface area contributed by atoms with Crippen LogP contribution in [0.4, 0.5) is 13.2 Å². The summed E-state index contributed by atoms with van der Waals surface area (Å²) in [6.45, 7) is 5.74. The van der Waals surface area contributed by atoms with E-state index in [0.29, 0.717) is 16.2 Å². The minimum atomic E-state index is -4.81. The lowest BCUT2D eigenvalue weighted by atomic mass is 9.93. The molecule has 0 aliphatic rings. The Kier molecular flexibility index (Phi) is 5.45. The van der Waals surface area contributed by atoms with Crippen LogP contribution in [0, 0.1) is 5.41 Å². The van der Waals surface area contributed by atoms with Crippen molar-refractivity contribution >= 4 is 28.5 Å². The first-order valence-electron chi connectivity index (χ1n) is 8.69. The summed E-state index contributed by atoms with van der Waals surface area (Å²) in [5, 5.41) is 5.89. The van der Waals surface area contributed by atoms with Crippen LogP contribution in [0.15, 0.2) is 60.9 Å². The van der Waals surface area contributed by atoms with Gasteiger partial charge in [0.25, 0.3) is 0 Å². The van der Waals surface area contributed by atoms with Crippen LogP contribution in [0.3, 0.4) is 0 Å². The second kappa shape index (κ2) is 7.55. The second-order valence-electron chi connectivity index (χ2n) is 7.23. The van der Waals surface area contributed by atoms with Crippen molar-refractivity contribution in [2.24, 2.45) is 5.41 Å². The molecule has 2 aromatic carbocycles. The molecule has 1 aromatic heterocycles. The Morgan fingerprint density at radius 1 is 1.17 bits per heavy atom. The number of halogens is 4. The zero-order chi connectivity index (χ0) is 21.4. The summed E-state index contributed by atoms with van der Waals surface area (Å²) in [4.78, 5) is 12.4. The molecular weight excluding hydrogens is 405 g/mol. The molecule has 0 amide bonds. The smallest absolute Gasteiger partial charge is 0.422 e. The molecule has 0 unspecified atom stereocenters. The van der Waals surface area contributed by atoms with E-state index in [4.69, 9.17) is 11.6 Å². The number of benzene rings is 2. The van der Waals surface area contributed by atoms with Gasteiger partial charge in [-0.2, -0.15) is 18.3 Å². The van der Waals surface area contributed by atoms with Crippen molar-refractivity contribution in [2.75, 3.05) is 0 Å². The summed E-state index contributed by atoms with van der Waals surface area (Å²) in [5.74, 6) is -2.60. The molecule has 0 fully saturated rings. The maximum Gasteiger partial charge on any atom is 0.449 e. The lowest BCUT2D eigenvalue weighted by molar-refractivity contribution is -0.168. The molecule has 0 saturated carbocycles. The second-order valence-corrected chi connectivity index (χ2v) is 7.66. The van der Waals surface area contributed by atoms with Crippen molar-refractivity contribution in [3.63, 3.8) is 0 Å². The molecule has 3 aromatic rings. The zero-order valence-corrected chi connectivity index (χ0v) is 16.5. The van der Waals surface area contributed by atoms with Gasteiger partial charge in [-0.15, -0.1) is 0 Å². The van der Waals surface area contributed by atoms with E-state index < -0.39 is 23.3 Å². The van der Waals surface area contributed by atoms with Crippen LogP contribution in [0.2, 0.25) is 5.02 Å². The maximum atomic E-state index is 12.7. The number of carbonyl (C=O) groups excluding carboxylic acids is 1. The first-order chi connectivity index (χ1) is 13.5. The van der Waals surface area contributed by atoms with Gasteiger partial charge in [-0.05, 0) is 32.0 Å². The summed E-state index contributed by atoms with van der Waals surface area (Å²) in [7, 11) is 0. The van der Waals surface area contributed by atoms with E-state index in [2.05, 4.69) is 16.4 Å². The molecule has 4 nitrogen and oxygen atoms in total. The molecule has 8 heteroatoms. The Labute approximate surface area is 170 Å².